The molecular weight excluding hydrogens is 200 g/mol. The maximum Gasteiger partial charge on any atom is 0.331 e. The van der Waals surface area contributed by atoms with Crippen LogP contribution in [0.4, 0.5) is 4.79 Å². The van der Waals surface area contributed by atoms with E-state index in [2.05, 4.69) is 10.1 Å². The summed E-state index contributed by atoms with van der Waals surface area (Å²) in [6.07, 6.45) is 1.26. The monoisotopic (exact) mass is 214 g/mol. The molecule has 0 aromatic carbocycles. The van der Waals surface area contributed by atoms with E-state index in [0.29, 0.717) is 0 Å². The van der Waals surface area contributed by atoms with Crippen LogP contribution in [0.1, 0.15) is 13.8 Å². The minimum Gasteiger partial charge on any atom is -0.452 e. The second-order valence-corrected chi connectivity index (χ2v) is 2.96. The van der Waals surface area contributed by atoms with Gasteiger partial charge in [0.05, 0.1) is 0 Å². The first-order chi connectivity index (χ1) is 6.95. The molecule has 0 aromatic rings. The van der Waals surface area contributed by atoms with Crippen molar-refractivity contribution in [2.24, 2.45) is 0 Å². The van der Waals surface area contributed by atoms with E-state index in [-0.39, 0.29) is 0 Å². The van der Waals surface area contributed by atoms with Gasteiger partial charge in [0.2, 0.25) is 0 Å². The van der Waals surface area contributed by atoms with Gasteiger partial charge in [-0.3, -0.25) is 10.1 Å². The summed E-state index contributed by atoms with van der Waals surface area (Å²) < 4.78 is 4.55. The second-order valence-electron chi connectivity index (χ2n) is 2.96. The molecule has 0 saturated heterocycles. The number of allylic oxidation sites excluding steroid dienone is 1. The van der Waals surface area contributed by atoms with E-state index in [9.17, 15) is 14.4 Å². The fraction of sp³-hybridized carbons (Fsp3) is 0.444. The van der Waals surface area contributed by atoms with Crippen molar-refractivity contribution in [2.75, 3.05) is 13.7 Å². The van der Waals surface area contributed by atoms with Crippen LogP contribution in [0.5, 0.6) is 0 Å². The van der Waals surface area contributed by atoms with Crippen molar-refractivity contribution in [3.8, 4) is 0 Å². The molecule has 3 amide bonds. The second kappa shape index (κ2) is 6.58. The van der Waals surface area contributed by atoms with E-state index >= 15 is 0 Å². The zero-order valence-electron chi connectivity index (χ0n) is 8.92. The first-order valence-corrected chi connectivity index (χ1v) is 4.29. The molecule has 0 spiro atoms. The van der Waals surface area contributed by atoms with Crippen LogP contribution in [0, 0.1) is 0 Å². The molecule has 0 heterocycles. The molecule has 0 unspecified atom stereocenters. The minimum atomic E-state index is -0.676. The molecule has 0 bridgehead atoms. The van der Waals surface area contributed by atoms with Gasteiger partial charge in [0, 0.05) is 13.1 Å². The molecule has 0 radical (unpaired) electrons. The Morgan fingerprint density at radius 3 is 2.33 bits per heavy atom. The maximum atomic E-state index is 10.9. The number of hydrogen-bond donors (Lipinski definition) is 2. The number of urea groups is 1. The molecule has 0 aliphatic rings. The summed E-state index contributed by atoms with van der Waals surface area (Å²) in [4.78, 5) is 32.5. The quantitative estimate of drug-likeness (QED) is 0.509. The molecule has 0 aliphatic heterocycles. The van der Waals surface area contributed by atoms with Gasteiger partial charge in [0.25, 0.3) is 5.91 Å². The molecule has 0 rings (SSSR count). The van der Waals surface area contributed by atoms with Gasteiger partial charge in [0.1, 0.15) is 0 Å². The van der Waals surface area contributed by atoms with Crippen LogP contribution in [-0.4, -0.2) is 31.6 Å². The van der Waals surface area contributed by atoms with Gasteiger partial charge in [-0.2, -0.15) is 0 Å². The fourth-order valence-electron chi connectivity index (χ4n) is 0.639. The van der Waals surface area contributed by atoms with Crippen LogP contribution >= 0.6 is 0 Å². The Morgan fingerprint density at radius 2 is 1.87 bits per heavy atom. The van der Waals surface area contributed by atoms with Crippen LogP contribution in [0.2, 0.25) is 0 Å². The third-order valence-corrected chi connectivity index (χ3v) is 1.23. The van der Waals surface area contributed by atoms with E-state index in [1.54, 1.807) is 13.8 Å². The lowest BCUT2D eigenvalue weighted by Gasteiger charge is -2.03. The van der Waals surface area contributed by atoms with Gasteiger partial charge in [-0.25, -0.2) is 9.59 Å². The molecule has 0 atom stereocenters. The van der Waals surface area contributed by atoms with E-state index in [1.807, 2.05) is 5.32 Å². The molecule has 6 nitrogen and oxygen atoms in total. The summed E-state index contributed by atoms with van der Waals surface area (Å²) in [5.74, 6) is -1.29. The molecular formula is C9H14N2O4. The molecule has 84 valence electrons. The van der Waals surface area contributed by atoms with Crippen LogP contribution in [-0.2, 0) is 14.3 Å². The van der Waals surface area contributed by atoms with Crippen molar-refractivity contribution < 1.29 is 19.1 Å². The predicted molar refractivity (Wildman–Crippen MR) is 53.0 cm³/mol. The lowest BCUT2D eigenvalue weighted by molar-refractivity contribution is -0.143. The minimum absolute atomic E-state index is 0.476. The average molecular weight is 214 g/mol. The van der Waals surface area contributed by atoms with E-state index in [1.165, 1.54) is 13.1 Å². The zero-order valence-corrected chi connectivity index (χ0v) is 8.92. The zero-order chi connectivity index (χ0) is 11.8. The highest BCUT2D eigenvalue weighted by Crippen LogP contribution is 1.90. The van der Waals surface area contributed by atoms with E-state index in [4.69, 9.17) is 0 Å². The number of amides is 3. The number of carbonyl (C=O) groups is 3. The molecule has 0 aromatic heterocycles. The smallest absolute Gasteiger partial charge is 0.331 e. The van der Waals surface area contributed by atoms with Gasteiger partial charge < -0.3 is 10.1 Å². The first kappa shape index (κ1) is 13.2. The first-order valence-electron chi connectivity index (χ1n) is 4.29. The number of rotatable bonds is 3. The summed E-state index contributed by atoms with van der Waals surface area (Å²) in [6, 6.07) is -0.640. The van der Waals surface area contributed by atoms with Gasteiger partial charge in [0.15, 0.2) is 6.61 Å². The van der Waals surface area contributed by atoms with Crippen LogP contribution in [0.15, 0.2) is 11.6 Å². The number of imide groups is 1. The molecule has 2 N–H and O–H groups in total. The Labute approximate surface area is 87.7 Å². The van der Waals surface area contributed by atoms with E-state index in [0.717, 1.165) is 5.57 Å². The largest absolute Gasteiger partial charge is 0.452 e. The number of esters is 1. The molecule has 6 heteroatoms. The normalized spacial score (nSPS) is 8.73. The lowest BCUT2D eigenvalue weighted by Crippen LogP contribution is -2.39. The van der Waals surface area contributed by atoms with Gasteiger partial charge in [-0.05, 0) is 13.8 Å². The number of ether oxygens (including phenoxy) is 1. The van der Waals surface area contributed by atoms with Crippen LogP contribution in [0.25, 0.3) is 0 Å². The van der Waals surface area contributed by atoms with Crippen molar-refractivity contribution in [2.45, 2.75) is 13.8 Å². The third kappa shape index (κ3) is 7.24. The molecule has 0 fully saturated rings. The highest BCUT2D eigenvalue weighted by molar-refractivity contribution is 5.95. The average Bonchev–Trinajstić information content (AvgIpc) is 2.13. The Morgan fingerprint density at radius 1 is 1.27 bits per heavy atom. The summed E-state index contributed by atoms with van der Waals surface area (Å²) in [5.41, 5.74) is 0.770. The molecule has 0 saturated carbocycles. The Kier molecular flexibility index (Phi) is 5.77. The Bertz CT molecular complexity index is 292. The van der Waals surface area contributed by atoms with Crippen molar-refractivity contribution in [3.63, 3.8) is 0 Å². The van der Waals surface area contributed by atoms with Gasteiger partial charge in [-0.1, -0.05) is 5.57 Å². The predicted octanol–water partition coefficient (Wildman–Crippen LogP) is -0.0486. The molecule has 15 heavy (non-hydrogen) atoms. The van der Waals surface area contributed by atoms with Gasteiger partial charge in [-0.15, -0.1) is 0 Å². The topological polar surface area (TPSA) is 84.5 Å². The van der Waals surface area contributed by atoms with Crippen molar-refractivity contribution in [3.05, 3.63) is 11.6 Å². The summed E-state index contributed by atoms with van der Waals surface area (Å²) >= 11 is 0. The Hall–Kier alpha value is -1.85. The lowest BCUT2D eigenvalue weighted by atomic mass is 10.3. The van der Waals surface area contributed by atoms with Crippen molar-refractivity contribution in [1.29, 1.82) is 0 Å². The van der Waals surface area contributed by atoms with Crippen LogP contribution < -0.4 is 10.6 Å². The summed E-state index contributed by atoms with van der Waals surface area (Å²) in [5, 5.41) is 4.14. The number of carbonyl (C=O) groups excluding carboxylic acids is 3. The highest BCUT2D eigenvalue weighted by Gasteiger charge is 2.07. The van der Waals surface area contributed by atoms with Crippen molar-refractivity contribution >= 4 is 17.9 Å². The maximum absolute atomic E-state index is 10.9. The third-order valence-electron chi connectivity index (χ3n) is 1.23. The SMILES string of the molecule is CNC(=O)NC(=O)COC(=O)C=C(C)C. The number of nitrogens with one attached hydrogen (secondary N) is 2. The number of hydrogen-bond acceptors (Lipinski definition) is 4. The summed E-state index contributed by atoms with van der Waals surface area (Å²) in [6.45, 7) is 2.98. The van der Waals surface area contributed by atoms with E-state index < -0.39 is 24.5 Å². The highest BCUT2D eigenvalue weighted by atomic mass is 16.5. The molecule has 0 aliphatic carbocycles. The fourth-order valence-corrected chi connectivity index (χ4v) is 0.639. The summed E-state index contributed by atoms with van der Waals surface area (Å²) in [7, 11) is 1.37. The Balaban J connectivity index is 3.86. The van der Waals surface area contributed by atoms with Crippen LogP contribution in [0.3, 0.4) is 0 Å². The standard InChI is InChI=1S/C9H14N2O4/c1-6(2)4-8(13)15-5-7(12)11-9(14)10-3/h4H,5H2,1-3H3,(H2,10,11,12,14). The van der Waals surface area contributed by atoms with Crippen molar-refractivity contribution in [1.82, 2.24) is 10.6 Å². The van der Waals surface area contributed by atoms with Gasteiger partial charge >= 0.3 is 12.0 Å².